The lowest BCUT2D eigenvalue weighted by Crippen LogP contribution is -2.30. The summed E-state index contributed by atoms with van der Waals surface area (Å²) in [5.74, 6) is 0.942. The summed E-state index contributed by atoms with van der Waals surface area (Å²) in [7, 11) is 0. The molecule has 136 valence electrons. The van der Waals surface area contributed by atoms with Gasteiger partial charge >= 0.3 is 0 Å². The number of ketones is 1. The summed E-state index contributed by atoms with van der Waals surface area (Å²) in [6, 6.07) is 9.53. The zero-order chi connectivity index (χ0) is 18.7. The summed E-state index contributed by atoms with van der Waals surface area (Å²) >= 11 is 1.45. The van der Waals surface area contributed by atoms with E-state index in [0.717, 1.165) is 18.4 Å². The number of nitrogens with zero attached hydrogens (tertiary/aromatic N) is 2. The lowest BCUT2D eigenvalue weighted by molar-refractivity contribution is -0.120. The molecule has 0 spiro atoms. The second-order valence-electron chi connectivity index (χ2n) is 6.50. The van der Waals surface area contributed by atoms with Gasteiger partial charge in [-0.15, -0.1) is 11.8 Å². The van der Waals surface area contributed by atoms with E-state index >= 15 is 0 Å². The van der Waals surface area contributed by atoms with Crippen LogP contribution in [0.5, 0.6) is 0 Å². The minimum atomic E-state index is -0.449. The lowest BCUT2D eigenvalue weighted by atomic mass is 10.1. The van der Waals surface area contributed by atoms with Gasteiger partial charge in [-0.25, -0.2) is 9.97 Å². The van der Waals surface area contributed by atoms with Gasteiger partial charge in [0.15, 0.2) is 0 Å². The molecule has 1 heterocycles. The van der Waals surface area contributed by atoms with E-state index in [1.54, 1.807) is 20.0 Å². The molecule has 1 saturated carbocycles. The van der Waals surface area contributed by atoms with Gasteiger partial charge in [0, 0.05) is 18.3 Å². The average molecular weight is 370 g/mol. The molecule has 0 aliphatic heterocycles. The Hall–Kier alpha value is -2.41. The Labute approximate surface area is 157 Å². The largest absolute Gasteiger partial charge is 0.383 e. The smallest absolute Gasteiger partial charge is 0.237 e. The van der Waals surface area contributed by atoms with Gasteiger partial charge in [0.05, 0.1) is 4.75 Å². The Morgan fingerprint density at radius 2 is 2.00 bits per heavy atom. The van der Waals surface area contributed by atoms with Gasteiger partial charge < -0.3 is 11.1 Å². The first-order chi connectivity index (χ1) is 12.4. The van der Waals surface area contributed by atoms with E-state index in [-0.39, 0.29) is 18.2 Å². The van der Waals surface area contributed by atoms with Gasteiger partial charge in [0.25, 0.3) is 0 Å². The zero-order valence-electron chi connectivity index (χ0n) is 14.9. The Bertz CT molecular complexity index is 822. The summed E-state index contributed by atoms with van der Waals surface area (Å²) in [4.78, 5) is 33.1. The third-order valence-electron chi connectivity index (χ3n) is 4.50. The van der Waals surface area contributed by atoms with Crippen LogP contribution in [0.2, 0.25) is 0 Å². The van der Waals surface area contributed by atoms with Gasteiger partial charge in [-0.3, -0.25) is 9.59 Å². The highest BCUT2D eigenvalue weighted by Crippen LogP contribution is 2.54. The molecule has 1 aromatic heterocycles. The quantitative estimate of drug-likeness (QED) is 0.777. The standard InChI is InChI=1S/C19H22N4O2S/c1-12(24)19(8-9-19)26-16(14-6-4-3-5-7-14)18(25)22-11-15-10-21-13(2)23-17(15)20/h3-7,10,16H,8-9,11H2,1-2H3,(H,22,25)(H2,20,21,23). The number of carbonyl (C=O) groups excluding carboxylic acids is 2. The Morgan fingerprint density at radius 3 is 2.58 bits per heavy atom. The molecule has 1 aliphatic rings. The van der Waals surface area contributed by atoms with Crippen LogP contribution in [0, 0.1) is 6.92 Å². The van der Waals surface area contributed by atoms with Crippen molar-refractivity contribution >= 4 is 29.3 Å². The summed E-state index contributed by atoms with van der Waals surface area (Å²) in [5.41, 5.74) is 7.45. The highest BCUT2D eigenvalue weighted by Gasteiger charge is 2.50. The van der Waals surface area contributed by atoms with E-state index in [1.807, 2.05) is 30.3 Å². The minimum absolute atomic E-state index is 0.132. The fourth-order valence-corrected chi connectivity index (χ4v) is 4.15. The SMILES string of the molecule is CC(=O)C1(SC(C(=O)NCc2cnc(C)nc2N)c2ccccc2)CC1. The van der Waals surface area contributed by atoms with Crippen molar-refractivity contribution in [1.29, 1.82) is 0 Å². The lowest BCUT2D eigenvalue weighted by Gasteiger charge is -2.21. The van der Waals surface area contributed by atoms with Gasteiger partial charge in [0.1, 0.15) is 22.7 Å². The van der Waals surface area contributed by atoms with E-state index in [1.165, 1.54) is 11.8 Å². The summed E-state index contributed by atoms with van der Waals surface area (Å²) in [6.45, 7) is 3.61. The van der Waals surface area contributed by atoms with Gasteiger partial charge in [-0.1, -0.05) is 30.3 Å². The Kier molecular flexibility index (Phi) is 5.27. The van der Waals surface area contributed by atoms with E-state index < -0.39 is 10.00 Å². The molecular formula is C19H22N4O2S. The number of carbonyl (C=O) groups is 2. The van der Waals surface area contributed by atoms with Crippen LogP contribution in [-0.4, -0.2) is 26.4 Å². The summed E-state index contributed by atoms with van der Waals surface area (Å²) < 4.78 is -0.427. The third kappa shape index (κ3) is 4.04. The maximum atomic E-state index is 12.9. The van der Waals surface area contributed by atoms with Crippen LogP contribution in [0.15, 0.2) is 36.5 Å². The van der Waals surface area contributed by atoms with Crippen molar-refractivity contribution in [3.63, 3.8) is 0 Å². The van der Waals surface area contributed by atoms with Crippen molar-refractivity contribution < 1.29 is 9.59 Å². The normalized spacial score (nSPS) is 15.9. The number of hydrogen-bond donors (Lipinski definition) is 2. The van der Waals surface area contributed by atoms with Crippen LogP contribution in [0.4, 0.5) is 5.82 Å². The van der Waals surface area contributed by atoms with E-state index in [4.69, 9.17) is 5.73 Å². The number of thioether (sulfide) groups is 1. The van der Waals surface area contributed by atoms with Crippen molar-refractivity contribution in [1.82, 2.24) is 15.3 Å². The number of aromatic nitrogens is 2. The number of nitrogen functional groups attached to an aromatic ring is 1. The molecule has 2 aromatic rings. The van der Waals surface area contributed by atoms with Crippen LogP contribution >= 0.6 is 11.8 Å². The predicted octanol–water partition coefficient (Wildman–Crippen LogP) is 2.58. The molecule has 1 amide bonds. The monoisotopic (exact) mass is 370 g/mol. The first-order valence-electron chi connectivity index (χ1n) is 8.51. The number of aryl methyl sites for hydroxylation is 1. The fraction of sp³-hybridized carbons (Fsp3) is 0.368. The molecule has 3 N–H and O–H groups in total. The van der Waals surface area contributed by atoms with E-state index in [2.05, 4.69) is 15.3 Å². The zero-order valence-corrected chi connectivity index (χ0v) is 15.7. The van der Waals surface area contributed by atoms with E-state index in [0.29, 0.717) is 17.2 Å². The number of amides is 1. The molecule has 0 radical (unpaired) electrons. The van der Waals surface area contributed by atoms with Gasteiger partial charge in [-0.2, -0.15) is 0 Å². The number of nitrogens with two attached hydrogens (primary N) is 1. The first-order valence-corrected chi connectivity index (χ1v) is 9.39. The second kappa shape index (κ2) is 7.45. The molecular weight excluding hydrogens is 348 g/mol. The maximum absolute atomic E-state index is 12.9. The molecule has 6 nitrogen and oxygen atoms in total. The molecule has 1 fully saturated rings. The van der Waals surface area contributed by atoms with Crippen LogP contribution in [-0.2, 0) is 16.1 Å². The highest BCUT2D eigenvalue weighted by atomic mass is 32.2. The maximum Gasteiger partial charge on any atom is 0.237 e. The summed E-state index contributed by atoms with van der Waals surface area (Å²) in [6.07, 6.45) is 3.27. The molecule has 26 heavy (non-hydrogen) atoms. The fourth-order valence-electron chi connectivity index (χ4n) is 2.72. The highest BCUT2D eigenvalue weighted by molar-refractivity contribution is 8.02. The number of Topliss-reactive ketones (excluding diaryl/α,β-unsaturated/α-hetero) is 1. The average Bonchev–Trinajstić information content (AvgIpc) is 3.41. The second-order valence-corrected chi connectivity index (χ2v) is 7.99. The molecule has 0 bridgehead atoms. The number of benzene rings is 1. The van der Waals surface area contributed by atoms with Crippen LogP contribution in [0.1, 0.15) is 42.0 Å². The molecule has 1 aliphatic carbocycles. The Balaban J connectivity index is 1.75. The predicted molar refractivity (Wildman–Crippen MR) is 102 cm³/mol. The molecule has 1 atom stereocenters. The number of anilines is 1. The number of hydrogen-bond acceptors (Lipinski definition) is 6. The topological polar surface area (TPSA) is 98.0 Å². The van der Waals surface area contributed by atoms with Crippen molar-refractivity contribution in [3.8, 4) is 0 Å². The number of nitrogens with one attached hydrogen (secondary N) is 1. The molecule has 3 rings (SSSR count). The van der Waals surface area contributed by atoms with Crippen LogP contribution in [0.25, 0.3) is 0 Å². The summed E-state index contributed by atoms with van der Waals surface area (Å²) in [5, 5.41) is 2.47. The molecule has 1 aromatic carbocycles. The molecule has 1 unspecified atom stereocenters. The van der Waals surface area contributed by atoms with Crippen molar-refractivity contribution in [3.05, 3.63) is 53.5 Å². The van der Waals surface area contributed by atoms with Crippen LogP contribution < -0.4 is 11.1 Å². The van der Waals surface area contributed by atoms with Crippen LogP contribution in [0.3, 0.4) is 0 Å². The minimum Gasteiger partial charge on any atom is -0.383 e. The van der Waals surface area contributed by atoms with Crippen molar-refractivity contribution in [2.45, 2.75) is 43.2 Å². The first kappa shape index (κ1) is 18.4. The van der Waals surface area contributed by atoms with Crippen molar-refractivity contribution in [2.24, 2.45) is 0 Å². The van der Waals surface area contributed by atoms with Crippen molar-refractivity contribution in [2.75, 3.05) is 5.73 Å². The molecule has 7 heteroatoms. The van der Waals surface area contributed by atoms with E-state index in [9.17, 15) is 9.59 Å². The third-order valence-corrected chi connectivity index (χ3v) is 6.37. The Morgan fingerprint density at radius 1 is 1.31 bits per heavy atom. The van der Waals surface area contributed by atoms with Gasteiger partial charge in [-0.05, 0) is 32.3 Å². The number of rotatable bonds is 7. The molecule has 0 saturated heterocycles. The van der Waals surface area contributed by atoms with Gasteiger partial charge in [0.2, 0.25) is 5.91 Å².